The Morgan fingerprint density at radius 2 is 2.03 bits per heavy atom. The van der Waals surface area contributed by atoms with Crippen LogP contribution in [0.1, 0.15) is 35.1 Å². The monoisotopic (exact) mass is 496 g/mol. The Labute approximate surface area is 207 Å². The first kappa shape index (κ1) is 23.8. The smallest absolute Gasteiger partial charge is 0.146 e. The van der Waals surface area contributed by atoms with E-state index >= 15 is 0 Å². The van der Waals surface area contributed by atoms with Crippen molar-refractivity contribution in [1.82, 2.24) is 9.97 Å². The standard InChI is InChI=1S/C24H22Cl2N6O2/c25-20-10-30-11-21(26)19(20)13-34-17-3-4-22(28)18(7-17)23(29)15-6-14(8-27)24(31-9-15)32-5-1-2-16(32)12-33/h3-4,6-7,9-11,16,29,33H,1-2,5,12-13,28H2. The molecule has 2 aromatic heterocycles. The second-order valence-electron chi connectivity index (χ2n) is 7.87. The number of halogens is 2. The minimum atomic E-state index is -0.0585. The van der Waals surface area contributed by atoms with E-state index in [1.165, 1.54) is 12.4 Å². The zero-order valence-electron chi connectivity index (χ0n) is 18.1. The molecule has 10 heteroatoms. The summed E-state index contributed by atoms with van der Waals surface area (Å²) in [5.41, 5.74) is 8.49. The average molecular weight is 497 g/mol. The number of nitrogens with two attached hydrogens (primary N) is 1. The molecule has 4 rings (SSSR count). The number of aliphatic hydroxyl groups excluding tert-OH is 1. The van der Waals surface area contributed by atoms with E-state index < -0.39 is 0 Å². The minimum absolute atomic E-state index is 0.00334. The van der Waals surface area contributed by atoms with Crippen molar-refractivity contribution in [2.24, 2.45) is 0 Å². The maximum absolute atomic E-state index is 9.72. The fraction of sp³-hybridized carbons (Fsp3) is 0.250. The van der Waals surface area contributed by atoms with Gasteiger partial charge in [0.25, 0.3) is 0 Å². The van der Waals surface area contributed by atoms with Gasteiger partial charge in [-0.05, 0) is 37.1 Å². The number of aromatic nitrogens is 2. The highest BCUT2D eigenvalue weighted by atomic mass is 35.5. The molecular weight excluding hydrogens is 475 g/mol. The molecule has 1 unspecified atom stereocenters. The molecule has 1 aliphatic rings. The first-order valence-electron chi connectivity index (χ1n) is 10.6. The molecule has 4 N–H and O–H groups in total. The van der Waals surface area contributed by atoms with E-state index in [4.69, 9.17) is 39.1 Å². The number of nitrogens with one attached hydrogen (secondary N) is 1. The number of nitrogen functional groups attached to an aromatic ring is 1. The van der Waals surface area contributed by atoms with Crippen LogP contribution >= 0.6 is 23.2 Å². The van der Waals surface area contributed by atoms with Gasteiger partial charge in [-0.25, -0.2) is 4.98 Å². The van der Waals surface area contributed by atoms with E-state index in [0.717, 1.165) is 19.4 Å². The van der Waals surface area contributed by atoms with Crippen molar-refractivity contribution in [3.05, 3.63) is 75.2 Å². The Morgan fingerprint density at radius 3 is 2.74 bits per heavy atom. The summed E-state index contributed by atoms with van der Waals surface area (Å²) >= 11 is 12.3. The van der Waals surface area contributed by atoms with E-state index in [1.54, 1.807) is 30.5 Å². The summed E-state index contributed by atoms with van der Waals surface area (Å²) in [6, 6.07) is 8.74. The number of nitriles is 1. The Hall–Kier alpha value is -3.38. The summed E-state index contributed by atoms with van der Waals surface area (Å²) in [6.07, 6.45) is 6.30. The molecule has 34 heavy (non-hydrogen) atoms. The molecule has 174 valence electrons. The highest BCUT2D eigenvalue weighted by Gasteiger charge is 2.27. The predicted molar refractivity (Wildman–Crippen MR) is 132 cm³/mol. The van der Waals surface area contributed by atoms with Crippen LogP contribution in [0.2, 0.25) is 10.0 Å². The third-order valence-corrected chi connectivity index (χ3v) is 6.42. The van der Waals surface area contributed by atoms with Gasteiger partial charge in [0.1, 0.15) is 24.2 Å². The van der Waals surface area contributed by atoms with E-state index in [2.05, 4.69) is 16.0 Å². The van der Waals surface area contributed by atoms with E-state index in [-0.39, 0.29) is 25.0 Å². The number of benzene rings is 1. The van der Waals surface area contributed by atoms with Gasteiger partial charge >= 0.3 is 0 Å². The van der Waals surface area contributed by atoms with Crippen molar-refractivity contribution in [2.75, 3.05) is 23.8 Å². The Kier molecular flexibility index (Phi) is 7.17. The van der Waals surface area contributed by atoms with Crippen LogP contribution in [0, 0.1) is 16.7 Å². The lowest BCUT2D eigenvalue weighted by molar-refractivity contribution is 0.266. The molecule has 1 aliphatic heterocycles. The van der Waals surface area contributed by atoms with Gasteiger partial charge in [-0.1, -0.05) is 23.2 Å². The van der Waals surface area contributed by atoms with Crippen molar-refractivity contribution >= 4 is 40.4 Å². The molecule has 3 aromatic rings. The van der Waals surface area contributed by atoms with Crippen molar-refractivity contribution in [3.63, 3.8) is 0 Å². The summed E-state index contributed by atoms with van der Waals surface area (Å²) in [5.74, 6) is 0.998. The van der Waals surface area contributed by atoms with E-state index in [0.29, 0.717) is 49.6 Å². The van der Waals surface area contributed by atoms with Crippen LogP contribution < -0.4 is 15.4 Å². The van der Waals surface area contributed by atoms with Crippen molar-refractivity contribution in [2.45, 2.75) is 25.5 Å². The summed E-state index contributed by atoms with van der Waals surface area (Å²) in [6.45, 7) is 0.846. The predicted octanol–water partition coefficient (Wildman–Crippen LogP) is 4.19. The van der Waals surface area contributed by atoms with Crippen LogP contribution in [0.25, 0.3) is 0 Å². The molecule has 1 fully saturated rings. The molecule has 0 bridgehead atoms. The van der Waals surface area contributed by atoms with E-state index in [9.17, 15) is 10.4 Å². The van der Waals surface area contributed by atoms with Gasteiger partial charge < -0.3 is 20.5 Å². The fourth-order valence-corrected chi connectivity index (χ4v) is 4.41. The second-order valence-corrected chi connectivity index (χ2v) is 8.69. The average Bonchev–Trinajstić information content (AvgIpc) is 3.32. The lowest BCUT2D eigenvalue weighted by atomic mass is 10.0. The van der Waals surface area contributed by atoms with Crippen LogP contribution in [0.4, 0.5) is 11.5 Å². The number of anilines is 2. The molecule has 0 saturated carbocycles. The maximum Gasteiger partial charge on any atom is 0.146 e. The molecule has 1 atom stereocenters. The zero-order chi connectivity index (χ0) is 24.2. The summed E-state index contributed by atoms with van der Waals surface area (Å²) in [7, 11) is 0. The molecule has 3 heterocycles. The largest absolute Gasteiger partial charge is 0.489 e. The van der Waals surface area contributed by atoms with Crippen molar-refractivity contribution in [1.29, 1.82) is 10.7 Å². The molecular formula is C24H22Cl2N6O2. The number of pyridine rings is 2. The Morgan fingerprint density at radius 1 is 1.26 bits per heavy atom. The highest BCUT2D eigenvalue weighted by molar-refractivity contribution is 6.35. The lowest BCUT2D eigenvalue weighted by Crippen LogP contribution is -2.33. The molecule has 8 nitrogen and oxygen atoms in total. The first-order chi connectivity index (χ1) is 16.4. The van der Waals surface area contributed by atoms with E-state index in [1.807, 2.05) is 4.90 Å². The zero-order valence-corrected chi connectivity index (χ0v) is 19.6. The number of ether oxygens (including phenoxy) is 1. The Bertz CT molecular complexity index is 1260. The van der Waals surface area contributed by atoms with Crippen LogP contribution in [-0.4, -0.2) is 40.0 Å². The number of hydrogen-bond donors (Lipinski definition) is 3. The molecule has 1 saturated heterocycles. The van der Waals surface area contributed by atoms with Gasteiger partial charge in [-0.2, -0.15) is 5.26 Å². The minimum Gasteiger partial charge on any atom is -0.489 e. The number of hydrogen-bond acceptors (Lipinski definition) is 8. The molecule has 0 amide bonds. The topological polar surface area (TPSA) is 132 Å². The maximum atomic E-state index is 9.72. The molecule has 0 aliphatic carbocycles. The Balaban J connectivity index is 1.58. The van der Waals surface area contributed by atoms with Gasteiger partial charge in [0.15, 0.2) is 0 Å². The van der Waals surface area contributed by atoms with Gasteiger partial charge in [0.05, 0.1) is 34.0 Å². The molecule has 1 aromatic carbocycles. The van der Waals surface area contributed by atoms with Crippen molar-refractivity contribution in [3.8, 4) is 11.8 Å². The van der Waals surface area contributed by atoms with Gasteiger partial charge in [-0.3, -0.25) is 10.4 Å². The third kappa shape index (κ3) is 4.77. The molecule has 0 radical (unpaired) electrons. The van der Waals surface area contributed by atoms with Gasteiger partial charge in [-0.15, -0.1) is 0 Å². The quantitative estimate of drug-likeness (QED) is 0.329. The fourth-order valence-electron chi connectivity index (χ4n) is 3.94. The number of aliphatic hydroxyl groups is 1. The highest BCUT2D eigenvalue weighted by Crippen LogP contribution is 2.30. The lowest BCUT2D eigenvalue weighted by Gasteiger charge is -2.25. The van der Waals surface area contributed by atoms with Gasteiger partial charge in [0, 0.05) is 47.5 Å². The second kappa shape index (κ2) is 10.3. The number of nitrogens with zero attached hydrogens (tertiary/aromatic N) is 4. The molecule has 0 spiro atoms. The summed E-state index contributed by atoms with van der Waals surface area (Å²) < 4.78 is 5.84. The van der Waals surface area contributed by atoms with Crippen LogP contribution in [0.3, 0.4) is 0 Å². The van der Waals surface area contributed by atoms with Crippen LogP contribution in [0.15, 0.2) is 42.9 Å². The van der Waals surface area contributed by atoms with Crippen molar-refractivity contribution < 1.29 is 9.84 Å². The summed E-state index contributed by atoms with van der Waals surface area (Å²) in [4.78, 5) is 10.3. The van der Waals surface area contributed by atoms with Crippen LogP contribution in [-0.2, 0) is 6.61 Å². The number of rotatable bonds is 7. The van der Waals surface area contributed by atoms with Crippen LogP contribution in [0.5, 0.6) is 5.75 Å². The first-order valence-corrected chi connectivity index (χ1v) is 11.4. The summed E-state index contributed by atoms with van der Waals surface area (Å²) in [5, 5.41) is 28.8. The third-order valence-electron chi connectivity index (χ3n) is 5.77. The SMILES string of the molecule is N#Cc1cc(C(=N)c2cc(OCc3c(Cl)cncc3Cl)ccc2N)cnc1N1CCCC1CO. The normalized spacial score (nSPS) is 15.2. The van der Waals surface area contributed by atoms with Gasteiger partial charge in [0.2, 0.25) is 0 Å².